The fourth-order valence-electron chi connectivity index (χ4n) is 1.48. The molecule has 2 N–H and O–H groups in total. The zero-order chi connectivity index (χ0) is 6.97. The second-order valence-electron chi connectivity index (χ2n) is 2.81. The van der Waals surface area contributed by atoms with Gasteiger partial charge in [0.2, 0.25) is 0 Å². The molecule has 1 heterocycles. The van der Waals surface area contributed by atoms with Crippen molar-refractivity contribution in [3.8, 4) is 0 Å². The van der Waals surface area contributed by atoms with Gasteiger partial charge in [-0.05, 0) is 30.0 Å². The summed E-state index contributed by atoms with van der Waals surface area (Å²) in [6, 6.07) is 2.39. The van der Waals surface area contributed by atoms with E-state index >= 15 is 0 Å². The highest BCUT2D eigenvalue weighted by Gasteiger charge is 2.16. The molecule has 52 valence electrons. The van der Waals surface area contributed by atoms with E-state index in [1.54, 1.807) is 0 Å². The summed E-state index contributed by atoms with van der Waals surface area (Å²) in [5.41, 5.74) is 8.46. The van der Waals surface area contributed by atoms with Gasteiger partial charge in [-0.15, -0.1) is 0 Å². The third-order valence-corrected chi connectivity index (χ3v) is 1.97. The lowest BCUT2D eigenvalue weighted by Gasteiger charge is -1.94. The summed E-state index contributed by atoms with van der Waals surface area (Å²) in [4.78, 5) is 4.04. The van der Waals surface area contributed by atoms with Crippen molar-refractivity contribution in [1.82, 2.24) is 4.98 Å². The van der Waals surface area contributed by atoms with Crippen LogP contribution < -0.4 is 5.73 Å². The lowest BCUT2D eigenvalue weighted by atomic mass is 10.2. The quantitative estimate of drug-likeness (QED) is 0.561. The molecule has 2 heteroatoms. The van der Waals surface area contributed by atoms with E-state index in [9.17, 15) is 0 Å². The number of pyridine rings is 1. The van der Waals surface area contributed by atoms with Crippen LogP contribution in [-0.2, 0) is 12.8 Å². The van der Waals surface area contributed by atoms with Gasteiger partial charge in [-0.25, -0.2) is 0 Å². The second kappa shape index (κ2) is 2.06. The Labute approximate surface area is 60.1 Å². The number of fused-ring (bicyclic) bond motifs is 1. The molecule has 0 fully saturated rings. The monoisotopic (exact) mass is 134 g/mol. The third kappa shape index (κ3) is 0.809. The first-order valence-electron chi connectivity index (χ1n) is 3.53. The van der Waals surface area contributed by atoms with Crippen LogP contribution in [0.5, 0.6) is 0 Å². The molecular formula is C8H10N2. The summed E-state index contributed by atoms with van der Waals surface area (Å²) in [6.07, 6.45) is 5.78. The van der Waals surface area contributed by atoms with Gasteiger partial charge in [-0.1, -0.05) is 0 Å². The minimum atomic E-state index is 0.333. The molecule has 0 radical (unpaired) electrons. The normalized spacial score (nSPS) is 22.7. The molecule has 1 aliphatic rings. The summed E-state index contributed by atoms with van der Waals surface area (Å²) in [5.74, 6) is 0. The van der Waals surface area contributed by atoms with E-state index in [-0.39, 0.29) is 0 Å². The highest BCUT2D eigenvalue weighted by atomic mass is 14.7. The fraction of sp³-hybridized carbons (Fsp3) is 0.375. The number of aromatic nitrogens is 1. The lowest BCUT2D eigenvalue weighted by Crippen LogP contribution is -2.18. The van der Waals surface area contributed by atoms with E-state index in [4.69, 9.17) is 5.73 Å². The number of nitrogens with zero attached hydrogens (tertiary/aromatic N) is 1. The molecule has 0 unspecified atom stereocenters. The molecule has 0 saturated carbocycles. The van der Waals surface area contributed by atoms with E-state index < -0.39 is 0 Å². The summed E-state index contributed by atoms with van der Waals surface area (Å²) < 4.78 is 0. The van der Waals surface area contributed by atoms with Crippen molar-refractivity contribution in [1.29, 1.82) is 0 Å². The van der Waals surface area contributed by atoms with Crippen LogP contribution in [0.4, 0.5) is 0 Å². The van der Waals surface area contributed by atoms with E-state index in [2.05, 4.69) is 11.1 Å². The third-order valence-electron chi connectivity index (χ3n) is 1.97. The van der Waals surface area contributed by atoms with Crippen molar-refractivity contribution in [2.24, 2.45) is 5.73 Å². The maximum Gasteiger partial charge on any atom is 0.0303 e. The van der Waals surface area contributed by atoms with Gasteiger partial charge in [-0.3, -0.25) is 4.98 Å². The molecule has 1 aliphatic carbocycles. The molecule has 1 aromatic heterocycles. The summed E-state index contributed by atoms with van der Waals surface area (Å²) in [7, 11) is 0. The predicted molar refractivity (Wildman–Crippen MR) is 39.6 cm³/mol. The molecule has 0 amide bonds. The molecule has 0 spiro atoms. The minimum absolute atomic E-state index is 0.333. The van der Waals surface area contributed by atoms with Crippen LogP contribution in [0, 0.1) is 0 Å². The van der Waals surface area contributed by atoms with Crippen LogP contribution in [0.2, 0.25) is 0 Å². The van der Waals surface area contributed by atoms with Gasteiger partial charge in [0, 0.05) is 18.4 Å². The van der Waals surface area contributed by atoms with Crippen molar-refractivity contribution in [3.63, 3.8) is 0 Å². The Bertz CT molecular complexity index is 220. The molecule has 10 heavy (non-hydrogen) atoms. The first-order chi connectivity index (χ1) is 4.86. The van der Waals surface area contributed by atoms with Gasteiger partial charge >= 0.3 is 0 Å². The molecule has 1 aromatic rings. The first kappa shape index (κ1) is 5.86. The van der Waals surface area contributed by atoms with Crippen molar-refractivity contribution in [2.45, 2.75) is 18.9 Å². The Balaban J connectivity index is 2.42. The summed E-state index contributed by atoms with van der Waals surface area (Å²) in [6.45, 7) is 0. The average Bonchev–Trinajstić information content (AvgIpc) is 2.27. The van der Waals surface area contributed by atoms with E-state index in [0.717, 1.165) is 12.8 Å². The number of rotatable bonds is 0. The van der Waals surface area contributed by atoms with Gasteiger partial charge in [-0.2, -0.15) is 0 Å². The van der Waals surface area contributed by atoms with Gasteiger partial charge in [0.1, 0.15) is 0 Å². The highest BCUT2D eigenvalue weighted by molar-refractivity contribution is 5.29. The van der Waals surface area contributed by atoms with Crippen LogP contribution >= 0.6 is 0 Å². The Kier molecular flexibility index (Phi) is 1.21. The summed E-state index contributed by atoms with van der Waals surface area (Å²) >= 11 is 0. The molecule has 0 saturated heterocycles. The van der Waals surface area contributed by atoms with Crippen LogP contribution in [-0.4, -0.2) is 11.0 Å². The average molecular weight is 134 g/mol. The molecular weight excluding hydrogens is 124 g/mol. The smallest absolute Gasteiger partial charge is 0.0303 e. The first-order valence-corrected chi connectivity index (χ1v) is 3.53. The van der Waals surface area contributed by atoms with Crippen molar-refractivity contribution < 1.29 is 0 Å². The van der Waals surface area contributed by atoms with Gasteiger partial charge in [0.15, 0.2) is 0 Å². The molecule has 0 bridgehead atoms. The van der Waals surface area contributed by atoms with Crippen LogP contribution in [0.3, 0.4) is 0 Å². The van der Waals surface area contributed by atoms with Crippen molar-refractivity contribution in [3.05, 3.63) is 29.6 Å². The summed E-state index contributed by atoms with van der Waals surface area (Å²) in [5, 5.41) is 0. The Morgan fingerprint density at radius 1 is 1.40 bits per heavy atom. The van der Waals surface area contributed by atoms with Gasteiger partial charge < -0.3 is 5.73 Å². The number of nitrogens with two attached hydrogens (primary N) is 1. The van der Waals surface area contributed by atoms with E-state index in [1.807, 2.05) is 12.4 Å². The largest absolute Gasteiger partial charge is 0.327 e. The zero-order valence-corrected chi connectivity index (χ0v) is 5.75. The highest BCUT2D eigenvalue weighted by Crippen LogP contribution is 2.18. The Morgan fingerprint density at radius 2 is 2.20 bits per heavy atom. The van der Waals surface area contributed by atoms with Crippen LogP contribution in [0.25, 0.3) is 0 Å². The number of hydrogen-bond donors (Lipinski definition) is 1. The van der Waals surface area contributed by atoms with Crippen molar-refractivity contribution >= 4 is 0 Å². The second-order valence-corrected chi connectivity index (χ2v) is 2.81. The molecule has 0 aromatic carbocycles. The SMILES string of the molecule is N[C@H]1Cc2ccncc2C1. The van der Waals surface area contributed by atoms with Crippen molar-refractivity contribution in [2.75, 3.05) is 0 Å². The molecule has 2 rings (SSSR count). The van der Waals surface area contributed by atoms with Gasteiger partial charge in [0.05, 0.1) is 0 Å². The standard InChI is InChI=1S/C8H10N2/c9-8-3-6-1-2-10-5-7(6)4-8/h1-2,5,8H,3-4,9H2/t8-/m0/s1. The van der Waals surface area contributed by atoms with Crippen LogP contribution in [0.1, 0.15) is 11.1 Å². The maximum atomic E-state index is 5.76. The fourth-order valence-corrected chi connectivity index (χ4v) is 1.48. The minimum Gasteiger partial charge on any atom is -0.327 e. The van der Waals surface area contributed by atoms with E-state index in [0.29, 0.717) is 6.04 Å². The molecule has 1 atom stereocenters. The predicted octanol–water partition coefficient (Wildman–Crippen LogP) is 0.508. The molecule has 2 nitrogen and oxygen atoms in total. The number of hydrogen-bond acceptors (Lipinski definition) is 2. The maximum absolute atomic E-state index is 5.76. The zero-order valence-electron chi connectivity index (χ0n) is 5.75. The van der Waals surface area contributed by atoms with E-state index in [1.165, 1.54) is 11.1 Å². The molecule has 0 aliphatic heterocycles. The Hall–Kier alpha value is -0.890. The Morgan fingerprint density at radius 3 is 3.00 bits per heavy atom. The topological polar surface area (TPSA) is 38.9 Å². The van der Waals surface area contributed by atoms with Gasteiger partial charge in [0.25, 0.3) is 0 Å². The lowest BCUT2D eigenvalue weighted by molar-refractivity contribution is 0.721. The van der Waals surface area contributed by atoms with Crippen LogP contribution in [0.15, 0.2) is 18.5 Å².